The molecule has 2 N–H and O–H groups in total. The number of nitrogens with zero attached hydrogens (tertiary/aromatic N) is 1. The van der Waals surface area contributed by atoms with Crippen molar-refractivity contribution in [2.75, 3.05) is 19.3 Å². The number of carboxylic acids is 1. The second-order valence-electron chi connectivity index (χ2n) is 5.59. The minimum absolute atomic E-state index is 0.141. The lowest BCUT2D eigenvalue weighted by atomic mass is 10.0. The number of amides is 1. The van der Waals surface area contributed by atoms with E-state index in [0.29, 0.717) is 13.0 Å². The lowest BCUT2D eigenvalue weighted by molar-refractivity contribution is -0.143. The Morgan fingerprint density at radius 2 is 2.00 bits per heavy atom. The first kappa shape index (κ1) is 15.2. The minimum atomic E-state index is -3.28. The molecule has 0 spiro atoms. The van der Waals surface area contributed by atoms with E-state index in [0.717, 1.165) is 25.5 Å². The molecular formula is C12H20N2O5S. The Hall–Kier alpha value is -1.15. The Labute approximate surface area is 118 Å². The van der Waals surface area contributed by atoms with Gasteiger partial charge in [-0.25, -0.2) is 13.1 Å². The third-order valence-electron chi connectivity index (χ3n) is 3.92. The van der Waals surface area contributed by atoms with Crippen LogP contribution in [-0.2, 0) is 19.6 Å². The Kier molecular flexibility index (Phi) is 4.33. The third kappa shape index (κ3) is 3.69. The van der Waals surface area contributed by atoms with Gasteiger partial charge >= 0.3 is 5.97 Å². The molecule has 0 aromatic rings. The highest BCUT2D eigenvalue weighted by atomic mass is 32.2. The van der Waals surface area contributed by atoms with Crippen LogP contribution in [0.3, 0.4) is 0 Å². The lowest BCUT2D eigenvalue weighted by Gasteiger charge is -2.36. The van der Waals surface area contributed by atoms with Crippen molar-refractivity contribution in [1.29, 1.82) is 0 Å². The normalized spacial score (nSPS) is 30.1. The zero-order valence-corrected chi connectivity index (χ0v) is 12.2. The van der Waals surface area contributed by atoms with Crippen molar-refractivity contribution in [2.45, 2.75) is 31.7 Å². The molecule has 3 unspecified atom stereocenters. The van der Waals surface area contributed by atoms with Gasteiger partial charge in [-0.2, -0.15) is 0 Å². The summed E-state index contributed by atoms with van der Waals surface area (Å²) in [6.07, 6.45) is 4.07. The van der Waals surface area contributed by atoms with E-state index < -0.39 is 27.8 Å². The number of carbonyl (C=O) groups is 2. The number of carboxylic acid groups (broad SMARTS) is 1. The number of hydrogen-bond donors (Lipinski definition) is 2. The molecule has 0 bridgehead atoms. The van der Waals surface area contributed by atoms with Crippen molar-refractivity contribution >= 4 is 21.9 Å². The van der Waals surface area contributed by atoms with E-state index >= 15 is 0 Å². The molecule has 2 rings (SSSR count). The molecule has 1 aliphatic heterocycles. The first-order valence-corrected chi connectivity index (χ1v) is 8.66. The zero-order valence-electron chi connectivity index (χ0n) is 11.4. The summed E-state index contributed by atoms with van der Waals surface area (Å²) in [5.41, 5.74) is 0. The van der Waals surface area contributed by atoms with Crippen LogP contribution in [0.5, 0.6) is 0 Å². The maximum Gasteiger partial charge on any atom is 0.307 e. The molecule has 1 amide bonds. The van der Waals surface area contributed by atoms with E-state index in [1.165, 1.54) is 0 Å². The fraction of sp³-hybridized carbons (Fsp3) is 0.833. The second-order valence-corrected chi connectivity index (χ2v) is 7.42. The van der Waals surface area contributed by atoms with Crippen molar-refractivity contribution in [3.8, 4) is 0 Å². The molecule has 1 aliphatic carbocycles. The molecule has 0 radical (unpaired) electrons. The molecule has 1 saturated heterocycles. The Morgan fingerprint density at radius 3 is 2.55 bits per heavy atom. The predicted octanol–water partition coefficient (Wildman–Crippen LogP) is -0.363. The SMILES string of the molecule is CS(=O)(=O)NCC1CCCCN1C(=O)C1CC1C(=O)O. The monoisotopic (exact) mass is 304 g/mol. The van der Waals surface area contributed by atoms with Crippen molar-refractivity contribution < 1.29 is 23.1 Å². The van der Waals surface area contributed by atoms with Gasteiger partial charge in [-0.15, -0.1) is 0 Å². The fourth-order valence-corrected chi connectivity index (χ4v) is 3.20. The Balaban J connectivity index is 1.96. The fourth-order valence-electron chi connectivity index (χ4n) is 2.70. The maximum atomic E-state index is 12.3. The first-order valence-electron chi connectivity index (χ1n) is 6.77. The first-order chi connectivity index (χ1) is 9.29. The summed E-state index contributed by atoms with van der Waals surface area (Å²) >= 11 is 0. The maximum absolute atomic E-state index is 12.3. The van der Waals surface area contributed by atoms with Crippen LogP contribution < -0.4 is 4.72 Å². The number of rotatable bonds is 5. The van der Waals surface area contributed by atoms with E-state index in [-0.39, 0.29) is 18.5 Å². The van der Waals surface area contributed by atoms with E-state index in [2.05, 4.69) is 4.72 Å². The average Bonchev–Trinajstić information content (AvgIpc) is 3.15. The van der Waals surface area contributed by atoms with E-state index in [9.17, 15) is 18.0 Å². The van der Waals surface area contributed by atoms with E-state index in [1.807, 2.05) is 0 Å². The topological polar surface area (TPSA) is 104 Å². The number of hydrogen-bond acceptors (Lipinski definition) is 4. The molecule has 1 heterocycles. The van der Waals surface area contributed by atoms with Gasteiger partial charge in [-0.1, -0.05) is 0 Å². The summed E-state index contributed by atoms with van der Waals surface area (Å²) in [6, 6.07) is -0.166. The van der Waals surface area contributed by atoms with Gasteiger partial charge in [0.15, 0.2) is 0 Å². The van der Waals surface area contributed by atoms with Gasteiger partial charge < -0.3 is 10.0 Å². The van der Waals surface area contributed by atoms with Crippen LogP contribution in [0.15, 0.2) is 0 Å². The lowest BCUT2D eigenvalue weighted by Crippen LogP contribution is -2.50. The smallest absolute Gasteiger partial charge is 0.307 e. The number of likely N-dealkylation sites (tertiary alicyclic amines) is 1. The predicted molar refractivity (Wildman–Crippen MR) is 71.4 cm³/mol. The number of nitrogens with one attached hydrogen (secondary N) is 1. The van der Waals surface area contributed by atoms with Gasteiger partial charge in [0.2, 0.25) is 15.9 Å². The summed E-state index contributed by atoms with van der Waals surface area (Å²) < 4.78 is 24.7. The summed E-state index contributed by atoms with van der Waals surface area (Å²) in [5.74, 6) is -2.05. The molecule has 2 aliphatic rings. The largest absolute Gasteiger partial charge is 0.481 e. The zero-order chi connectivity index (χ0) is 14.9. The van der Waals surface area contributed by atoms with Gasteiger partial charge in [-0.3, -0.25) is 9.59 Å². The quantitative estimate of drug-likeness (QED) is 0.721. The average molecular weight is 304 g/mol. The highest BCUT2D eigenvalue weighted by molar-refractivity contribution is 7.88. The summed E-state index contributed by atoms with van der Waals surface area (Å²) in [7, 11) is -3.28. The van der Waals surface area contributed by atoms with Gasteiger partial charge in [0.25, 0.3) is 0 Å². The second kappa shape index (κ2) is 5.69. The molecule has 0 aromatic heterocycles. The number of piperidine rings is 1. The molecule has 0 aromatic carbocycles. The van der Waals surface area contributed by atoms with Crippen LogP contribution in [0.2, 0.25) is 0 Å². The van der Waals surface area contributed by atoms with E-state index in [1.54, 1.807) is 4.90 Å². The molecule has 20 heavy (non-hydrogen) atoms. The van der Waals surface area contributed by atoms with Crippen LogP contribution >= 0.6 is 0 Å². The molecule has 8 heteroatoms. The number of sulfonamides is 1. The standard InChI is InChI=1S/C12H20N2O5S/c1-20(18,19)13-7-8-4-2-3-5-14(8)11(15)9-6-10(9)12(16)17/h8-10,13H,2-7H2,1H3,(H,16,17). The summed E-state index contributed by atoms with van der Waals surface area (Å²) in [4.78, 5) is 24.8. The molecule has 114 valence electrons. The highest BCUT2D eigenvalue weighted by Crippen LogP contribution is 2.41. The van der Waals surface area contributed by atoms with Gasteiger partial charge in [-0.05, 0) is 25.7 Å². The Bertz CT molecular complexity index is 504. The molecule has 1 saturated carbocycles. The van der Waals surface area contributed by atoms with Crippen molar-refractivity contribution in [2.24, 2.45) is 11.8 Å². The van der Waals surface area contributed by atoms with E-state index in [4.69, 9.17) is 5.11 Å². The molecule has 3 atom stereocenters. The molecule has 2 fully saturated rings. The van der Waals surface area contributed by atoms with Crippen LogP contribution in [-0.4, -0.2) is 55.7 Å². The number of aliphatic carboxylic acids is 1. The minimum Gasteiger partial charge on any atom is -0.481 e. The van der Waals surface area contributed by atoms with Gasteiger partial charge in [0, 0.05) is 19.1 Å². The highest BCUT2D eigenvalue weighted by Gasteiger charge is 2.50. The van der Waals surface area contributed by atoms with Crippen LogP contribution in [0.4, 0.5) is 0 Å². The van der Waals surface area contributed by atoms with Crippen molar-refractivity contribution in [3.63, 3.8) is 0 Å². The van der Waals surface area contributed by atoms with Gasteiger partial charge in [0.05, 0.1) is 18.1 Å². The molecule has 7 nitrogen and oxygen atoms in total. The number of carbonyl (C=O) groups excluding carboxylic acids is 1. The van der Waals surface area contributed by atoms with Crippen molar-refractivity contribution in [3.05, 3.63) is 0 Å². The summed E-state index contributed by atoms with van der Waals surface area (Å²) in [5, 5.41) is 8.88. The van der Waals surface area contributed by atoms with Crippen LogP contribution in [0, 0.1) is 11.8 Å². The van der Waals surface area contributed by atoms with Crippen LogP contribution in [0.25, 0.3) is 0 Å². The third-order valence-corrected chi connectivity index (χ3v) is 4.61. The Morgan fingerprint density at radius 1 is 1.30 bits per heavy atom. The van der Waals surface area contributed by atoms with Crippen molar-refractivity contribution in [1.82, 2.24) is 9.62 Å². The van der Waals surface area contributed by atoms with Crippen LogP contribution in [0.1, 0.15) is 25.7 Å². The summed E-state index contributed by atoms with van der Waals surface area (Å²) in [6.45, 7) is 0.785. The molecular weight excluding hydrogens is 284 g/mol. The van der Waals surface area contributed by atoms with Gasteiger partial charge in [0.1, 0.15) is 0 Å².